The van der Waals surface area contributed by atoms with Gasteiger partial charge in [-0.2, -0.15) is 0 Å². The van der Waals surface area contributed by atoms with Gasteiger partial charge in [-0.15, -0.1) is 0 Å². The average Bonchev–Trinajstić information content (AvgIpc) is 3.07. The van der Waals surface area contributed by atoms with Gasteiger partial charge >= 0.3 is 0 Å². The normalized spacial score (nSPS) is 18.6. The number of likely N-dealkylation sites (tertiary alicyclic amines) is 1. The van der Waals surface area contributed by atoms with E-state index in [1.165, 1.54) is 5.56 Å². The second kappa shape index (κ2) is 9.17. The molecule has 2 aromatic rings. The molecule has 3 rings (SSSR count). The predicted octanol–water partition coefficient (Wildman–Crippen LogP) is 3.38. The van der Waals surface area contributed by atoms with Crippen LogP contribution in [0.25, 0.3) is 0 Å². The molecule has 1 saturated heterocycles. The highest BCUT2D eigenvalue weighted by atomic mass is 35.5. The summed E-state index contributed by atoms with van der Waals surface area (Å²) in [7, 11) is 0. The van der Waals surface area contributed by atoms with E-state index in [0.29, 0.717) is 6.54 Å². The van der Waals surface area contributed by atoms with E-state index >= 15 is 0 Å². The zero-order valence-electron chi connectivity index (χ0n) is 15.1. The number of nitrogens with one attached hydrogen (secondary N) is 2. The first kappa shape index (κ1) is 18.9. The maximum Gasteiger partial charge on any atom is 0.234 e. The van der Waals surface area contributed by atoms with E-state index in [1.54, 1.807) is 0 Å². The quantitative estimate of drug-likeness (QED) is 0.784. The Hall–Kier alpha value is -1.88. The van der Waals surface area contributed by atoms with Crippen LogP contribution in [0.4, 0.5) is 0 Å². The summed E-state index contributed by atoms with van der Waals surface area (Å²) in [4.78, 5) is 14.6. The van der Waals surface area contributed by atoms with E-state index in [2.05, 4.69) is 39.8 Å². The Morgan fingerprint density at radius 1 is 1.19 bits per heavy atom. The van der Waals surface area contributed by atoms with Crippen molar-refractivity contribution < 1.29 is 4.79 Å². The van der Waals surface area contributed by atoms with Gasteiger partial charge in [-0.25, -0.2) is 0 Å². The van der Waals surface area contributed by atoms with Crippen LogP contribution in [0.1, 0.15) is 30.5 Å². The minimum Gasteiger partial charge on any atom is -0.351 e. The molecule has 4 nitrogen and oxygen atoms in total. The number of hydrogen-bond acceptors (Lipinski definition) is 3. The standard InChI is InChI=1S/C21H26ClN3O/c1-16(19-9-5-6-10-20(19)22)23-13-21(26)24-18-11-12-25(15-18)14-17-7-3-2-4-8-17/h2-10,16,18,23H,11-15H2,1H3,(H,24,26)/t16-,18+/m1/s1. The Morgan fingerprint density at radius 3 is 2.69 bits per heavy atom. The third-order valence-electron chi connectivity index (χ3n) is 4.83. The summed E-state index contributed by atoms with van der Waals surface area (Å²) in [5, 5.41) is 7.12. The van der Waals surface area contributed by atoms with E-state index in [1.807, 2.05) is 37.3 Å². The van der Waals surface area contributed by atoms with Gasteiger partial charge in [0.25, 0.3) is 0 Å². The lowest BCUT2D eigenvalue weighted by atomic mass is 10.1. The number of nitrogens with zero attached hydrogens (tertiary/aromatic N) is 1. The molecule has 138 valence electrons. The van der Waals surface area contributed by atoms with Crippen molar-refractivity contribution in [2.45, 2.75) is 32.0 Å². The first-order valence-corrected chi connectivity index (χ1v) is 9.53. The van der Waals surface area contributed by atoms with Crippen LogP contribution >= 0.6 is 11.6 Å². The van der Waals surface area contributed by atoms with E-state index < -0.39 is 0 Å². The van der Waals surface area contributed by atoms with Gasteiger partial charge in [-0.1, -0.05) is 60.1 Å². The van der Waals surface area contributed by atoms with Crippen molar-refractivity contribution in [1.29, 1.82) is 0 Å². The molecular formula is C21H26ClN3O. The first-order chi connectivity index (χ1) is 12.6. The molecule has 0 saturated carbocycles. The summed E-state index contributed by atoms with van der Waals surface area (Å²) < 4.78 is 0. The summed E-state index contributed by atoms with van der Waals surface area (Å²) in [6.45, 7) is 5.17. The van der Waals surface area contributed by atoms with Crippen molar-refractivity contribution in [3.63, 3.8) is 0 Å². The fourth-order valence-corrected chi connectivity index (χ4v) is 3.70. The Bertz CT molecular complexity index is 722. The van der Waals surface area contributed by atoms with Crippen molar-refractivity contribution in [2.75, 3.05) is 19.6 Å². The van der Waals surface area contributed by atoms with E-state index in [-0.39, 0.29) is 18.0 Å². The van der Waals surface area contributed by atoms with Gasteiger partial charge in [0.2, 0.25) is 5.91 Å². The first-order valence-electron chi connectivity index (χ1n) is 9.15. The predicted molar refractivity (Wildman–Crippen MR) is 106 cm³/mol. The molecule has 0 bridgehead atoms. The monoisotopic (exact) mass is 371 g/mol. The van der Waals surface area contributed by atoms with E-state index in [4.69, 9.17) is 11.6 Å². The minimum atomic E-state index is 0.0348. The van der Waals surface area contributed by atoms with Crippen molar-refractivity contribution in [1.82, 2.24) is 15.5 Å². The van der Waals surface area contributed by atoms with Crippen molar-refractivity contribution in [3.05, 3.63) is 70.7 Å². The highest BCUT2D eigenvalue weighted by Crippen LogP contribution is 2.21. The fourth-order valence-electron chi connectivity index (χ4n) is 3.40. The van der Waals surface area contributed by atoms with Gasteiger partial charge in [0, 0.05) is 36.7 Å². The molecule has 0 unspecified atom stereocenters. The minimum absolute atomic E-state index is 0.0348. The Balaban J connectivity index is 1.41. The van der Waals surface area contributed by atoms with Crippen LogP contribution in [0.2, 0.25) is 5.02 Å². The Labute approximate surface area is 160 Å². The zero-order valence-corrected chi connectivity index (χ0v) is 15.9. The zero-order chi connectivity index (χ0) is 18.4. The Kier molecular flexibility index (Phi) is 6.67. The van der Waals surface area contributed by atoms with Gasteiger partial charge in [0.1, 0.15) is 0 Å². The third-order valence-corrected chi connectivity index (χ3v) is 5.17. The fraction of sp³-hybridized carbons (Fsp3) is 0.381. The number of benzene rings is 2. The highest BCUT2D eigenvalue weighted by molar-refractivity contribution is 6.31. The molecule has 1 aliphatic heterocycles. The smallest absolute Gasteiger partial charge is 0.234 e. The van der Waals surface area contributed by atoms with Crippen LogP contribution in [-0.4, -0.2) is 36.5 Å². The molecule has 0 radical (unpaired) electrons. The summed E-state index contributed by atoms with van der Waals surface area (Å²) in [5.41, 5.74) is 2.33. The van der Waals surface area contributed by atoms with Gasteiger partial charge in [0.15, 0.2) is 0 Å². The number of hydrogen-bond donors (Lipinski definition) is 2. The van der Waals surface area contributed by atoms with Gasteiger partial charge in [0.05, 0.1) is 6.54 Å². The third kappa shape index (κ3) is 5.31. The molecule has 1 aliphatic rings. The van der Waals surface area contributed by atoms with Gasteiger partial charge in [-0.3, -0.25) is 9.69 Å². The molecule has 0 aromatic heterocycles. The number of carbonyl (C=O) groups excluding carboxylic acids is 1. The maximum absolute atomic E-state index is 12.3. The summed E-state index contributed by atoms with van der Waals surface area (Å²) >= 11 is 6.21. The second-order valence-corrected chi connectivity index (χ2v) is 7.31. The molecule has 2 N–H and O–H groups in total. The topological polar surface area (TPSA) is 44.4 Å². The Morgan fingerprint density at radius 2 is 1.92 bits per heavy atom. The van der Waals surface area contributed by atoms with Crippen LogP contribution in [0.3, 0.4) is 0 Å². The molecule has 0 aliphatic carbocycles. The van der Waals surface area contributed by atoms with Crippen LogP contribution in [-0.2, 0) is 11.3 Å². The van der Waals surface area contributed by atoms with Crippen molar-refractivity contribution in [2.24, 2.45) is 0 Å². The van der Waals surface area contributed by atoms with Crippen molar-refractivity contribution in [3.8, 4) is 0 Å². The summed E-state index contributed by atoms with van der Waals surface area (Å²) in [6.07, 6.45) is 0.999. The van der Waals surface area contributed by atoms with Crippen molar-refractivity contribution >= 4 is 17.5 Å². The molecule has 2 atom stereocenters. The number of carbonyl (C=O) groups is 1. The summed E-state index contributed by atoms with van der Waals surface area (Å²) in [6, 6.07) is 18.4. The lowest BCUT2D eigenvalue weighted by Gasteiger charge is -2.18. The maximum atomic E-state index is 12.3. The van der Waals surface area contributed by atoms with Crippen LogP contribution in [0.5, 0.6) is 0 Å². The van der Waals surface area contributed by atoms with Gasteiger partial charge in [-0.05, 0) is 30.5 Å². The molecule has 1 fully saturated rings. The molecule has 26 heavy (non-hydrogen) atoms. The summed E-state index contributed by atoms with van der Waals surface area (Å²) in [5.74, 6) is 0.0375. The molecule has 5 heteroatoms. The van der Waals surface area contributed by atoms with Gasteiger partial charge < -0.3 is 10.6 Å². The van der Waals surface area contributed by atoms with Crippen LogP contribution in [0, 0.1) is 0 Å². The van der Waals surface area contributed by atoms with Crippen LogP contribution in [0.15, 0.2) is 54.6 Å². The highest BCUT2D eigenvalue weighted by Gasteiger charge is 2.23. The SMILES string of the molecule is C[C@@H](NCC(=O)N[C@H]1CCN(Cc2ccccc2)C1)c1ccccc1Cl. The molecular weight excluding hydrogens is 346 g/mol. The van der Waals surface area contributed by atoms with E-state index in [0.717, 1.165) is 36.6 Å². The number of amides is 1. The average molecular weight is 372 g/mol. The molecule has 1 amide bonds. The molecule has 2 aromatic carbocycles. The lowest BCUT2D eigenvalue weighted by molar-refractivity contribution is -0.121. The number of halogens is 1. The van der Waals surface area contributed by atoms with E-state index in [9.17, 15) is 4.79 Å². The van der Waals surface area contributed by atoms with Crippen LogP contribution < -0.4 is 10.6 Å². The second-order valence-electron chi connectivity index (χ2n) is 6.90. The number of rotatable bonds is 7. The lowest BCUT2D eigenvalue weighted by Crippen LogP contribution is -2.42. The molecule has 1 heterocycles. The largest absolute Gasteiger partial charge is 0.351 e. The molecule has 0 spiro atoms.